The molecule has 0 spiro atoms. The number of nitrogens with zero attached hydrogens (tertiary/aromatic N) is 1. The number of hydrogen-bond acceptors (Lipinski definition) is 2. The van der Waals surface area contributed by atoms with Crippen LogP contribution in [0, 0.1) is 5.41 Å². The molecule has 0 unspecified atom stereocenters. The van der Waals surface area contributed by atoms with Crippen LogP contribution in [0.1, 0.15) is 49.9 Å². The monoisotopic (exact) mass is 329 g/mol. The lowest BCUT2D eigenvalue weighted by atomic mass is 9.72. The molecule has 0 aliphatic carbocycles. The molecule has 0 radical (unpaired) electrons. The second-order valence-electron chi connectivity index (χ2n) is 5.95. The number of benzene rings is 1. The molecule has 1 aromatic carbocycles. The van der Waals surface area contributed by atoms with Crippen molar-refractivity contribution in [2.24, 2.45) is 5.41 Å². The van der Waals surface area contributed by atoms with E-state index in [-0.39, 0.29) is 5.56 Å². The van der Waals surface area contributed by atoms with E-state index in [1.807, 2.05) is 0 Å². The first-order chi connectivity index (χ1) is 9.92. The highest BCUT2D eigenvalue weighted by atomic mass is 35.5. The summed E-state index contributed by atoms with van der Waals surface area (Å²) in [6.07, 6.45) is 4.76. The van der Waals surface area contributed by atoms with Crippen LogP contribution in [0.25, 0.3) is 0 Å². The Kier molecular flexibility index (Phi) is 5.05. The van der Waals surface area contributed by atoms with Gasteiger partial charge in [-0.3, -0.25) is 0 Å². The molecule has 116 valence electrons. The van der Waals surface area contributed by atoms with Crippen LogP contribution < -0.4 is 4.90 Å². The van der Waals surface area contributed by atoms with Gasteiger partial charge in [0.25, 0.3) is 0 Å². The van der Waals surface area contributed by atoms with Crippen molar-refractivity contribution in [1.29, 1.82) is 0 Å². The molecule has 1 aliphatic heterocycles. The first kappa shape index (κ1) is 16.4. The van der Waals surface area contributed by atoms with Gasteiger partial charge in [-0.05, 0) is 25.0 Å². The first-order valence-corrected chi connectivity index (χ1v) is 8.15. The fourth-order valence-corrected chi connectivity index (χ4v) is 4.14. The van der Waals surface area contributed by atoms with E-state index in [0.717, 1.165) is 18.8 Å². The van der Waals surface area contributed by atoms with Gasteiger partial charge < -0.3 is 10.0 Å². The summed E-state index contributed by atoms with van der Waals surface area (Å²) in [7, 11) is 0. The van der Waals surface area contributed by atoms with Crippen molar-refractivity contribution in [3.05, 3.63) is 27.7 Å². The topological polar surface area (TPSA) is 40.5 Å². The van der Waals surface area contributed by atoms with Crippen LogP contribution in [0.5, 0.6) is 0 Å². The predicted molar refractivity (Wildman–Crippen MR) is 87.9 cm³/mol. The zero-order valence-electron chi connectivity index (χ0n) is 12.5. The Bertz CT molecular complexity index is 508. The van der Waals surface area contributed by atoms with Gasteiger partial charge >= 0.3 is 5.97 Å². The number of carboxylic acid groups (broad SMARTS) is 1. The normalized spacial score (nSPS) is 16.7. The lowest BCUT2D eigenvalue weighted by molar-refractivity contribution is 0.0697. The van der Waals surface area contributed by atoms with Gasteiger partial charge in [0.15, 0.2) is 0 Å². The second-order valence-corrected chi connectivity index (χ2v) is 6.76. The average Bonchev–Trinajstić information content (AvgIpc) is 2.35. The minimum absolute atomic E-state index is 0.127. The van der Waals surface area contributed by atoms with Crippen LogP contribution >= 0.6 is 23.2 Å². The minimum Gasteiger partial charge on any atom is -0.478 e. The molecule has 1 aliphatic rings. The van der Waals surface area contributed by atoms with Crippen LogP contribution in [0.3, 0.4) is 0 Å². The summed E-state index contributed by atoms with van der Waals surface area (Å²) in [5.41, 5.74) is 1.26. The second kappa shape index (κ2) is 6.45. The van der Waals surface area contributed by atoms with E-state index < -0.39 is 5.97 Å². The Morgan fingerprint density at radius 1 is 1.19 bits per heavy atom. The van der Waals surface area contributed by atoms with Crippen molar-refractivity contribution in [3.8, 4) is 0 Å². The quantitative estimate of drug-likeness (QED) is 0.789. The van der Waals surface area contributed by atoms with Crippen molar-refractivity contribution in [3.63, 3.8) is 0 Å². The number of carboxylic acids is 1. The van der Waals surface area contributed by atoms with Gasteiger partial charge in [0.1, 0.15) is 0 Å². The maximum Gasteiger partial charge on any atom is 0.335 e. The Balaban J connectivity index is 2.20. The summed E-state index contributed by atoms with van der Waals surface area (Å²) >= 11 is 12.5. The molecule has 5 heteroatoms. The predicted octanol–water partition coefficient (Wildman–Crippen LogP) is 5.10. The molecule has 3 nitrogen and oxygen atoms in total. The molecule has 1 saturated heterocycles. The Morgan fingerprint density at radius 2 is 1.67 bits per heavy atom. The molecule has 2 rings (SSSR count). The molecule has 21 heavy (non-hydrogen) atoms. The summed E-state index contributed by atoms with van der Waals surface area (Å²) < 4.78 is 0. The SMILES string of the molecule is CCCC1(CCC)CN(c2c(Cl)cc(C(=O)O)cc2Cl)C1. The highest BCUT2D eigenvalue weighted by molar-refractivity contribution is 6.39. The van der Waals surface area contributed by atoms with E-state index >= 15 is 0 Å². The fourth-order valence-electron chi connectivity index (χ4n) is 3.41. The highest BCUT2D eigenvalue weighted by Crippen LogP contribution is 2.46. The van der Waals surface area contributed by atoms with Crippen molar-refractivity contribution in [2.75, 3.05) is 18.0 Å². The zero-order valence-corrected chi connectivity index (χ0v) is 14.0. The van der Waals surface area contributed by atoms with Gasteiger partial charge in [-0.15, -0.1) is 0 Å². The number of rotatable bonds is 6. The molecule has 0 bridgehead atoms. The van der Waals surface area contributed by atoms with E-state index in [9.17, 15) is 4.79 Å². The summed E-state index contributed by atoms with van der Waals surface area (Å²) in [6, 6.07) is 2.95. The molecule has 1 aromatic rings. The van der Waals surface area contributed by atoms with Gasteiger partial charge in [-0.2, -0.15) is 0 Å². The molecule has 0 atom stereocenters. The van der Waals surface area contributed by atoms with Gasteiger partial charge in [0, 0.05) is 18.5 Å². The summed E-state index contributed by atoms with van der Waals surface area (Å²) in [5, 5.41) is 9.86. The zero-order chi connectivity index (χ0) is 15.6. The third-order valence-electron chi connectivity index (χ3n) is 4.19. The smallest absolute Gasteiger partial charge is 0.335 e. The molecule has 0 amide bonds. The molecule has 1 fully saturated rings. The van der Waals surface area contributed by atoms with Crippen molar-refractivity contribution in [1.82, 2.24) is 0 Å². The van der Waals surface area contributed by atoms with Crippen LogP contribution in [0.15, 0.2) is 12.1 Å². The van der Waals surface area contributed by atoms with Crippen LogP contribution in [0.2, 0.25) is 10.0 Å². The summed E-state index contributed by atoms with van der Waals surface area (Å²) in [4.78, 5) is 13.2. The van der Waals surface area contributed by atoms with Crippen LogP contribution in [0.4, 0.5) is 5.69 Å². The van der Waals surface area contributed by atoms with E-state index in [4.69, 9.17) is 28.3 Å². The van der Waals surface area contributed by atoms with Gasteiger partial charge in [-0.25, -0.2) is 4.79 Å². The van der Waals surface area contributed by atoms with E-state index in [1.165, 1.54) is 37.8 Å². The van der Waals surface area contributed by atoms with Crippen LogP contribution in [-0.4, -0.2) is 24.2 Å². The molecule has 1 heterocycles. The number of aromatic carboxylic acids is 1. The first-order valence-electron chi connectivity index (χ1n) is 7.39. The van der Waals surface area contributed by atoms with Crippen LogP contribution in [-0.2, 0) is 0 Å². The standard InChI is InChI=1S/C16H21Cl2NO2/c1-3-5-16(6-4-2)9-19(10-16)14-12(17)7-11(15(20)21)8-13(14)18/h7-8H,3-6,9-10H2,1-2H3,(H,20,21). The maximum absolute atomic E-state index is 11.0. The number of carbonyl (C=O) groups is 1. The minimum atomic E-state index is -1.01. The number of halogens is 2. The molecular weight excluding hydrogens is 309 g/mol. The molecule has 0 aromatic heterocycles. The van der Waals surface area contributed by atoms with Gasteiger partial charge in [-0.1, -0.05) is 49.9 Å². The van der Waals surface area contributed by atoms with Crippen molar-refractivity contribution in [2.45, 2.75) is 39.5 Å². The van der Waals surface area contributed by atoms with E-state index in [1.54, 1.807) is 0 Å². The number of anilines is 1. The number of hydrogen-bond donors (Lipinski definition) is 1. The van der Waals surface area contributed by atoms with Gasteiger partial charge in [0.05, 0.1) is 21.3 Å². The highest BCUT2D eigenvalue weighted by Gasteiger charge is 2.42. The summed E-state index contributed by atoms with van der Waals surface area (Å²) in [5.74, 6) is -1.01. The van der Waals surface area contributed by atoms with E-state index in [0.29, 0.717) is 15.5 Å². The largest absolute Gasteiger partial charge is 0.478 e. The third kappa shape index (κ3) is 3.29. The van der Waals surface area contributed by atoms with Gasteiger partial charge in [0.2, 0.25) is 0 Å². The van der Waals surface area contributed by atoms with E-state index in [2.05, 4.69) is 18.7 Å². The Hall–Kier alpha value is -0.930. The Labute approximate surface area is 135 Å². The van der Waals surface area contributed by atoms with Crippen molar-refractivity contribution >= 4 is 34.9 Å². The van der Waals surface area contributed by atoms with Crippen molar-refractivity contribution < 1.29 is 9.90 Å². The Morgan fingerprint density at radius 3 is 2.05 bits per heavy atom. The third-order valence-corrected chi connectivity index (χ3v) is 4.77. The lowest BCUT2D eigenvalue weighted by Gasteiger charge is -2.52. The molecule has 0 saturated carbocycles. The molecule has 1 N–H and O–H groups in total. The average molecular weight is 330 g/mol. The fraction of sp³-hybridized carbons (Fsp3) is 0.562. The summed E-state index contributed by atoms with van der Waals surface area (Å²) in [6.45, 7) is 6.31. The molecular formula is C16H21Cl2NO2. The lowest BCUT2D eigenvalue weighted by Crippen LogP contribution is -2.56. The maximum atomic E-state index is 11.0.